The van der Waals surface area contributed by atoms with Gasteiger partial charge in [0, 0.05) is 12.1 Å². The number of hydrogen-bond acceptors (Lipinski definition) is 7. The van der Waals surface area contributed by atoms with Gasteiger partial charge in [-0.15, -0.1) is 11.8 Å². The summed E-state index contributed by atoms with van der Waals surface area (Å²) in [7, 11) is 0. The van der Waals surface area contributed by atoms with Gasteiger partial charge in [0.15, 0.2) is 4.75 Å². The van der Waals surface area contributed by atoms with Crippen LogP contribution in [0.1, 0.15) is 17.7 Å². The van der Waals surface area contributed by atoms with Gasteiger partial charge in [0.25, 0.3) is 5.69 Å². The molecule has 9 heteroatoms. The van der Waals surface area contributed by atoms with Crippen molar-refractivity contribution >= 4 is 29.3 Å². The lowest BCUT2D eigenvalue weighted by Gasteiger charge is -2.32. The van der Waals surface area contributed by atoms with Gasteiger partial charge in [-0.3, -0.25) is 14.9 Å². The van der Waals surface area contributed by atoms with Crippen LogP contribution in [0.5, 0.6) is 0 Å². The van der Waals surface area contributed by atoms with E-state index in [1.54, 1.807) is 29.2 Å². The molecule has 0 spiro atoms. The average molecular weight is 374 g/mol. The van der Waals surface area contributed by atoms with Crippen molar-refractivity contribution < 1.29 is 23.7 Å². The van der Waals surface area contributed by atoms with E-state index in [0.29, 0.717) is 17.7 Å². The second-order valence-corrected chi connectivity index (χ2v) is 7.58. The predicted molar refractivity (Wildman–Crippen MR) is 91.0 cm³/mol. The van der Waals surface area contributed by atoms with Crippen LogP contribution >= 0.6 is 11.8 Å². The van der Waals surface area contributed by atoms with Crippen molar-refractivity contribution in [3.63, 3.8) is 0 Å². The van der Waals surface area contributed by atoms with Crippen LogP contribution in [0, 0.1) is 10.1 Å². The van der Waals surface area contributed by atoms with Crippen LogP contribution in [0.4, 0.5) is 5.69 Å². The zero-order valence-corrected chi connectivity index (χ0v) is 14.3. The molecule has 4 rings (SSSR count). The van der Waals surface area contributed by atoms with Crippen LogP contribution in [0.2, 0.25) is 0 Å². The molecule has 0 radical (unpaired) electrons. The third kappa shape index (κ3) is 2.64. The molecule has 2 aromatic rings. The Morgan fingerprint density at radius 1 is 1.38 bits per heavy atom. The average Bonchev–Trinajstić information content (AvgIpc) is 3.26. The van der Waals surface area contributed by atoms with Crippen molar-refractivity contribution in [3.05, 3.63) is 64.1 Å². The minimum atomic E-state index is -1.08. The van der Waals surface area contributed by atoms with Crippen molar-refractivity contribution in [3.8, 4) is 0 Å². The van der Waals surface area contributed by atoms with Crippen molar-refractivity contribution in [2.24, 2.45) is 0 Å². The summed E-state index contributed by atoms with van der Waals surface area (Å²) in [6.07, 6.45) is 1.89. The molecule has 2 saturated heterocycles. The highest BCUT2D eigenvalue weighted by molar-refractivity contribution is 8.01. The number of carbonyl (C=O) groups excluding carboxylic acids is 2. The Hall–Kier alpha value is -2.81. The van der Waals surface area contributed by atoms with Gasteiger partial charge in [-0.05, 0) is 29.8 Å². The maximum atomic E-state index is 12.9. The molecule has 26 heavy (non-hydrogen) atoms. The number of nitrogens with zero attached hydrogens (tertiary/aromatic N) is 2. The van der Waals surface area contributed by atoms with Crippen LogP contribution < -0.4 is 0 Å². The summed E-state index contributed by atoms with van der Waals surface area (Å²) in [5.41, 5.74) is 0.613. The van der Waals surface area contributed by atoms with Crippen molar-refractivity contribution in [2.75, 3.05) is 6.54 Å². The third-order valence-corrected chi connectivity index (χ3v) is 6.11. The number of rotatable bonds is 5. The van der Waals surface area contributed by atoms with E-state index in [9.17, 15) is 19.7 Å². The third-order valence-electron chi connectivity index (χ3n) is 4.51. The summed E-state index contributed by atoms with van der Waals surface area (Å²) >= 11 is 1.37. The molecule has 1 aromatic carbocycles. The van der Waals surface area contributed by atoms with E-state index in [0.717, 1.165) is 0 Å². The molecule has 0 N–H and O–H groups in total. The van der Waals surface area contributed by atoms with E-state index >= 15 is 0 Å². The van der Waals surface area contributed by atoms with Gasteiger partial charge in [-0.1, -0.05) is 0 Å². The number of thioether (sulfide) groups is 1. The van der Waals surface area contributed by atoms with E-state index in [4.69, 9.17) is 9.15 Å². The highest BCUT2D eigenvalue weighted by Crippen LogP contribution is 2.53. The molecular weight excluding hydrogens is 360 g/mol. The largest absolute Gasteiger partial charge is 0.467 e. The smallest absolute Gasteiger partial charge is 0.332 e. The zero-order chi connectivity index (χ0) is 18.3. The van der Waals surface area contributed by atoms with Crippen LogP contribution in [-0.2, 0) is 25.7 Å². The fourth-order valence-electron chi connectivity index (χ4n) is 3.07. The van der Waals surface area contributed by atoms with Gasteiger partial charge in [0.2, 0.25) is 5.91 Å². The number of esters is 1. The van der Waals surface area contributed by atoms with Gasteiger partial charge in [0.05, 0.1) is 29.5 Å². The monoisotopic (exact) mass is 374 g/mol. The molecule has 1 unspecified atom stereocenters. The number of fused-ring (bicyclic) bond motifs is 1. The van der Waals surface area contributed by atoms with E-state index in [1.165, 1.54) is 30.2 Å². The Balaban J connectivity index is 1.51. The first kappa shape index (κ1) is 16.6. The number of amides is 1. The quantitative estimate of drug-likeness (QED) is 0.343. The summed E-state index contributed by atoms with van der Waals surface area (Å²) < 4.78 is 9.85. The molecule has 0 aliphatic carbocycles. The van der Waals surface area contributed by atoms with E-state index in [-0.39, 0.29) is 30.1 Å². The highest BCUT2D eigenvalue weighted by Gasteiger charge is 2.59. The van der Waals surface area contributed by atoms with Crippen molar-refractivity contribution in [1.29, 1.82) is 0 Å². The molecule has 2 aliphatic rings. The Labute approximate surface area is 152 Å². The summed E-state index contributed by atoms with van der Waals surface area (Å²) in [6, 6.07) is 9.21. The van der Waals surface area contributed by atoms with Crippen molar-refractivity contribution in [1.82, 2.24) is 4.90 Å². The molecule has 2 fully saturated rings. The number of ether oxygens (including phenoxy) is 1. The van der Waals surface area contributed by atoms with Crippen LogP contribution in [0.3, 0.4) is 0 Å². The van der Waals surface area contributed by atoms with Gasteiger partial charge < -0.3 is 14.1 Å². The second kappa shape index (κ2) is 6.17. The van der Waals surface area contributed by atoms with Crippen LogP contribution in [-0.4, -0.2) is 33.6 Å². The minimum absolute atomic E-state index is 0.0131. The normalized spacial score (nSPS) is 24.1. The van der Waals surface area contributed by atoms with E-state index < -0.39 is 15.6 Å². The number of nitro benzene ring substituents is 1. The summed E-state index contributed by atoms with van der Waals surface area (Å²) in [6.45, 7) is 0.201. The number of carbonyl (C=O) groups is 2. The standard InChI is InChI=1S/C17H14N2O6S/c20-14-8-15-18(14)10-17(26-15,13-2-1-7-24-13)16(21)25-9-11-3-5-12(6-4-11)19(22)23/h1-7,15H,8-10H2/t15-,17?/m1/s1. The first-order valence-corrected chi connectivity index (χ1v) is 8.79. The number of β-lactam (4-membered cyclic amide) rings is 1. The molecule has 8 nitrogen and oxygen atoms in total. The van der Waals surface area contributed by atoms with Gasteiger partial charge in [-0.25, -0.2) is 4.79 Å². The van der Waals surface area contributed by atoms with E-state index in [2.05, 4.69) is 0 Å². The SMILES string of the molecule is O=C1C[C@H]2SC(C(=O)OCc3ccc([N+](=O)[O-])cc3)(c3ccco3)CN12. The first-order chi connectivity index (χ1) is 12.5. The maximum Gasteiger partial charge on any atom is 0.332 e. The zero-order valence-electron chi connectivity index (χ0n) is 13.5. The van der Waals surface area contributed by atoms with E-state index in [1.807, 2.05) is 0 Å². The highest BCUT2D eigenvalue weighted by atomic mass is 32.2. The molecule has 3 heterocycles. The Morgan fingerprint density at radius 3 is 2.73 bits per heavy atom. The Bertz CT molecular complexity index is 866. The Morgan fingerprint density at radius 2 is 2.15 bits per heavy atom. The van der Waals surface area contributed by atoms with Crippen LogP contribution in [0.25, 0.3) is 0 Å². The maximum absolute atomic E-state index is 12.9. The number of furan rings is 1. The topological polar surface area (TPSA) is 103 Å². The Kier molecular flexibility index (Phi) is 3.95. The number of nitro groups is 1. The minimum Gasteiger partial charge on any atom is -0.467 e. The number of hydrogen-bond donors (Lipinski definition) is 0. The van der Waals surface area contributed by atoms with Crippen molar-refractivity contribution in [2.45, 2.75) is 23.1 Å². The second-order valence-electron chi connectivity index (χ2n) is 6.10. The molecule has 2 aliphatic heterocycles. The fourth-order valence-corrected chi connectivity index (χ4v) is 4.68. The summed E-state index contributed by atoms with van der Waals surface area (Å²) in [5.74, 6) is -0.0181. The molecule has 2 atom stereocenters. The lowest BCUT2D eigenvalue weighted by atomic mass is 10.0. The molecule has 0 saturated carbocycles. The lowest BCUT2D eigenvalue weighted by Crippen LogP contribution is -2.48. The fraction of sp³-hybridized carbons (Fsp3) is 0.294. The number of benzene rings is 1. The molecular formula is C17H14N2O6S. The summed E-state index contributed by atoms with van der Waals surface area (Å²) in [4.78, 5) is 36.5. The van der Waals surface area contributed by atoms with Crippen LogP contribution in [0.15, 0.2) is 47.1 Å². The molecule has 134 valence electrons. The predicted octanol–water partition coefficient (Wildman–Crippen LogP) is 2.43. The molecule has 1 amide bonds. The first-order valence-electron chi connectivity index (χ1n) is 7.91. The van der Waals surface area contributed by atoms with Gasteiger partial charge >= 0.3 is 5.97 Å². The van der Waals surface area contributed by atoms with Gasteiger partial charge in [-0.2, -0.15) is 0 Å². The molecule has 0 bridgehead atoms. The summed E-state index contributed by atoms with van der Waals surface area (Å²) in [5, 5.41) is 10.7. The number of non-ortho nitro benzene ring substituents is 1. The van der Waals surface area contributed by atoms with Gasteiger partial charge in [0.1, 0.15) is 12.4 Å². The molecule has 1 aromatic heterocycles. The lowest BCUT2D eigenvalue weighted by molar-refractivity contribution is -0.384.